The molecule has 118 valence electrons. The predicted octanol–water partition coefficient (Wildman–Crippen LogP) is 2.20. The number of aromatic nitrogens is 3. The molecular weight excluding hydrogens is 300 g/mol. The topological polar surface area (TPSA) is 69.0 Å². The molecule has 0 saturated carbocycles. The number of carbonyl (C=O) groups is 1. The lowest BCUT2D eigenvalue weighted by Gasteiger charge is -2.08. The zero-order valence-corrected chi connectivity index (χ0v) is 13.8. The molecule has 1 aromatic carbocycles. The predicted molar refractivity (Wildman–Crippen MR) is 87.1 cm³/mol. The first-order valence-corrected chi connectivity index (χ1v) is 8.15. The highest BCUT2D eigenvalue weighted by molar-refractivity contribution is 7.99. The molecular formula is C15H20N4O2S. The Morgan fingerprint density at radius 2 is 2.00 bits per heavy atom. The van der Waals surface area contributed by atoms with Crippen molar-refractivity contribution in [2.24, 2.45) is 0 Å². The van der Waals surface area contributed by atoms with Crippen molar-refractivity contribution in [3.8, 4) is 17.1 Å². The number of ether oxygens (including phenoxy) is 1. The molecule has 7 heteroatoms. The fourth-order valence-electron chi connectivity index (χ4n) is 2.01. The molecule has 0 spiro atoms. The second-order valence-electron chi connectivity index (χ2n) is 4.52. The van der Waals surface area contributed by atoms with E-state index in [1.165, 1.54) is 11.8 Å². The zero-order valence-electron chi connectivity index (χ0n) is 13.0. The molecule has 0 fully saturated rings. The van der Waals surface area contributed by atoms with Gasteiger partial charge >= 0.3 is 0 Å². The van der Waals surface area contributed by atoms with Crippen LogP contribution >= 0.6 is 11.8 Å². The van der Waals surface area contributed by atoms with E-state index in [9.17, 15) is 4.79 Å². The van der Waals surface area contributed by atoms with Crippen LogP contribution in [0.25, 0.3) is 11.4 Å². The quantitative estimate of drug-likeness (QED) is 0.792. The molecule has 2 rings (SSSR count). The van der Waals surface area contributed by atoms with Gasteiger partial charge < -0.3 is 14.6 Å². The lowest BCUT2D eigenvalue weighted by atomic mass is 10.2. The van der Waals surface area contributed by atoms with E-state index in [0.717, 1.165) is 28.8 Å². The SMILES string of the molecule is CCNC(=O)CSc1nnc(-c2ccc(OC)cc2)n1CC. The number of carbonyl (C=O) groups excluding carboxylic acids is 1. The van der Waals surface area contributed by atoms with E-state index in [4.69, 9.17) is 4.74 Å². The van der Waals surface area contributed by atoms with Gasteiger partial charge in [0.25, 0.3) is 0 Å². The molecule has 1 aromatic heterocycles. The van der Waals surface area contributed by atoms with E-state index in [1.54, 1.807) is 7.11 Å². The number of methoxy groups -OCH3 is 1. The van der Waals surface area contributed by atoms with E-state index in [-0.39, 0.29) is 5.91 Å². The Labute approximate surface area is 134 Å². The molecule has 0 radical (unpaired) electrons. The van der Waals surface area contributed by atoms with Gasteiger partial charge in [-0.05, 0) is 38.1 Å². The first-order valence-electron chi connectivity index (χ1n) is 7.16. The van der Waals surface area contributed by atoms with Gasteiger partial charge in [0.15, 0.2) is 11.0 Å². The second-order valence-corrected chi connectivity index (χ2v) is 5.46. The summed E-state index contributed by atoms with van der Waals surface area (Å²) in [6.07, 6.45) is 0. The number of nitrogens with one attached hydrogen (secondary N) is 1. The number of hydrogen-bond acceptors (Lipinski definition) is 5. The van der Waals surface area contributed by atoms with Crippen molar-refractivity contribution >= 4 is 17.7 Å². The molecule has 1 N–H and O–H groups in total. The maximum Gasteiger partial charge on any atom is 0.230 e. The molecule has 1 amide bonds. The Morgan fingerprint density at radius 3 is 2.59 bits per heavy atom. The third kappa shape index (κ3) is 3.79. The average molecular weight is 320 g/mol. The van der Waals surface area contributed by atoms with Crippen molar-refractivity contribution in [1.29, 1.82) is 0 Å². The summed E-state index contributed by atoms with van der Waals surface area (Å²) in [6.45, 7) is 5.31. The molecule has 0 atom stereocenters. The van der Waals surface area contributed by atoms with Crippen molar-refractivity contribution < 1.29 is 9.53 Å². The van der Waals surface area contributed by atoms with Crippen LogP contribution in [0.2, 0.25) is 0 Å². The summed E-state index contributed by atoms with van der Waals surface area (Å²) in [5.74, 6) is 1.94. The number of nitrogens with zero attached hydrogens (tertiary/aromatic N) is 3. The normalized spacial score (nSPS) is 10.5. The number of rotatable bonds is 7. The van der Waals surface area contributed by atoms with E-state index in [0.29, 0.717) is 12.3 Å². The monoisotopic (exact) mass is 320 g/mol. The number of hydrogen-bond donors (Lipinski definition) is 1. The Balaban J connectivity index is 2.17. The van der Waals surface area contributed by atoms with Crippen molar-refractivity contribution in [2.75, 3.05) is 19.4 Å². The van der Waals surface area contributed by atoms with E-state index >= 15 is 0 Å². The minimum absolute atomic E-state index is 0.00384. The third-order valence-corrected chi connectivity index (χ3v) is 4.05. The van der Waals surface area contributed by atoms with Crippen LogP contribution in [0.4, 0.5) is 0 Å². The summed E-state index contributed by atoms with van der Waals surface area (Å²) in [5, 5.41) is 12.0. The molecule has 0 aliphatic carbocycles. The molecule has 0 saturated heterocycles. The molecule has 6 nitrogen and oxygen atoms in total. The standard InChI is InChI=1S/C15H20N4O2S/c1-4-16-13(20)10-22-15-18-17-14(19(15)5-2)11-6-8-12(21-3)9-7-11/h6-9H,4-5,10H2,1-3H3,(H,16,20). The van der Waals surface area contributed by atoms with E-state index < -0.39 is 0 Å². The van der Waals surface area contributed by atoms with Gasteiger partial charge in [0.1, 0.15) is 5.75 Å². The van der Waals surface area contributed by atoms with Gasteiger partial charge in [0.2, 0.25) is 5.91 Å². The Hall–Kier alpha value is -2.02. The van der Waals surface area contributed by atoms with Crippen LogP contribution in [-0.2, 0) is 11.3 Å². The van der Waals surface area contributed by atoms with Crippen LogP contribution in [0.1, 0.15) is 13.8 Å². The summed E-state index contributed by atoms with van der Waals surface area (Å²) < 4.78 is 7.17. The highest BCUT2D eigenvalue weighted by Gasteiger charge is 2.14. The first kappa shape index (κ1) is 16.4. The Morgan fingerprint density at radius 1 is 1.27 bits per heavy atom. The minimum Gasteiger partial charge on any atom is -0.497 e. The van der Waals surface area contributed by atoms with Crippen molar-refractivity contribution in [3.63, 3.8) is 0 Å². The van der Waals surface area contributed by atoms with Crippen molar-refractivity contribution in [1.82, 2.24) is 20.1 Å². The van der Waals surface area contributed by atoms with E-state index in [1.807, 2.05) is 42.7 Å². The van der Waals surface area contributed by atoms with Crippen molar-refractivity contribution in [3.05, 3.63) is 24.3 Å². The van der Waals surface area contributed by atoms with Gasteiger partial charge in [-0.15, -0.1) is 10.2 Å². The van der Waals surface area contributed by atoms with Gasteiger partial charge in [-0.1, -0.05) is 11.8 Å². The highest BCUT2D eigenvalue weighted by atomic mass is 32.2. The maximum atomic E-state index is 11.6. The van der Waals surface area contributed by atoms with Crippen LogP contribution in [-0.4, -0.2) is 40.1 Å². The molecule has 0 aliphatic rings. The van der Waals surface area contributed by atoms with Gasteiger partial charge in [0.05, 0.1) is 12.9 Å². The number of benzene rings is 1. The third-order valence-electron chi connectivity index (χ3n) is 3.09. The minimum atomic E-state index is 0.00384. The average Bonchev–Trinajstić information content (AvgIpc) is 2.96. The molecule has 0 aliphatic heterocycles. The number of thioether (sulfide) groups is 1. The van der Waals surface area contributed by atoms with Crippen LogP contribution < -0.4 is 10.1 Å². The van der Waals surface area contributed by atoms with Gasteiger partial charge in [0, 0.05) is 18.7 Å². The smallest absolute Gasteiger partial charge is 0.230 e. The fourth-order valence-corrected chi connectivity index (χ4v) is 2.84. The van der Waals surface area contributed by atoms with Gasteiger partial charge in [-0.2, -0.15) is 0 Å². The number of amides is 1. The highest BCUT2D eigenvalue weighted by Crippen LogP contribution is 2.25. The maximum absolute atomic E-state index is 11.6. The zero-order chi connectivity index (χ0) is 15.9. The second kappa shape index (κ2) is 7.84. The fraction of sp³-hybridized carbons (Fsp3) is 0.400. The van der Waals surface area contributed by atoms with Gasteiger partial charge in [-0.25, -0.2) is 0 Å². The van der Waals surface area contributed by atoms with Crippen LogP contribution in [0.3, 0.4) is 0 Å². The summed E-state index contributed by atoms with van der Waals surface area (Å²) >= 11 is 1.40. The molecule has 22 heavy (non-hydrogen) atoms. The summed E-state index contributed by atoms with van der Waals surface area (Å²) in [5.41, 5.74) is 0.972. The van der Waals surface area contributed by atoms with Crippen LogP contribution in [0.15, 0.2) is 29.4 Å². The van der Waals surface area contributed by atoms with Crippen molar-refractivity contribution in [2.45, 2.75) is 25.5 Å². The summed E-state index contributed by atoms with van der Waals surface area (Å²) in [7, 11) is 1.64. The first-order chi connectivity index (χ1) is 10.7. The lowest BCUT2D eigenvalue weighted by molar-refractivity contribution is -0.118. The Bertz CT molecular complexity index is 625. The largest absolute Gasteiger partial charge is 0.497 e. The summed E-state index contributed by atoms with van der Waals surface area (Å²) in [4.78, 5) is 11.6. The van der Waals surface area contributed by atoms with Gasteiger partial charge in [-0.3, -0.25) is 4.79 Å². The van der Waals surface area contributed by atoms with Crippen LogP contribution in [0, 0.1) is 0 Å². The lowest BCUT2D eigenvalue weighted by Crippen LogP contribution is -2.24. The molecule has 1 heterocycles. The van der Waals surface area contributed by atoms with E-state index in [2.05, 4.69) is 15.5 Å². The Kier molecular flexibility index (Phi) is 5.83. The molecule has 0 unspecified atom stereocenters. The molecule has 0 bridgehead atoms. The molecule has 2 aromatic rings. The van der Waals surface area contributed by atoms with Crippen LogP contribution in [0.5, 0.6) is 5.75 Å². The summed E-state index contributed by atoms with van der Waals surface area (Å²) in [6, 6.07) is 7.69.